The van der Waals surface area contributed by atoms with E-state index in [1.807, 2.05) is 6.92 Å². The number of nitrogens with zero attached hydrogens (tertiary/aromatic N) is 1. The predicted octanol–water partition coefficient (Wildman–Crippen LogP) is 2.42. The van der Waals surface area contributed by atoms with Gasteiger partial charge in [-0.1, -0.05) is 6.42 Å². The van der Waals surface area contributed by atoms with E-state index in [9.17, 15) is 4.79 Å². The van der Waals surface area contributed by atoms with Crippen molar-refractivity contribution in [1.82, 2.24) is 0 Å². The minimum Gasteiger partial charge on any atom is -0.466 e. The first-order valence-electron chi connectivity index (χ1n) is 4.80. The summed E-state index contributed by atoms with van der Waals surface area (Å²) in [4.78, 5) is 14.1. The summed E-state index contributed by atoms with van der Waals surface area (Å²) in [7, 11) is 0. The van der Waals surface area contributed by atoms with E-state index in [-0.39, 0.29) is 5.97 Å². The van der Waals surface area contributed by atoms with Crippen molar-refractivity contribution in [2.24, 2.45) is 0 Å². The highest BCUT2D eigenvalue weighted by Crippen LogP contribution is 2.03. The monoisotopic (exact) mass is 183 g/mol. The second kappa shape index (κ2) is 9.05. The molecule has 0 aromatic carbocycles. The van der Waals surface area contributed by atoms with Gasteiger partial charge in [0, 0.05) is 12.8 Å². The van der Waals surface area contributed by atoms with Crippen molar-refractivity contribution in [3.05, 3.63) is 11.4 Å². The fraction of sp³-hybridized carbons (Fsp3) is 0.800. The maximum Gasteiger partial charge on any atom is 0.305 e. The minimum atomic E-state index is -0.104. The molecule has 0 saturated heterocycles. The maximum atomic E-state index is 10.9. The Balaban J connectivity index is 3.07. The standard InChI is InChI=1S/C10H17NO2/c1-3-13-10(12)8-6-4-5-7-9-11-2/h3-9H2,1H3. The van der Waals surface area contributed by atoms with Crippen LogP contribution < -0.4 is 0 Å². The van der Waals surface area contributed by atoms with Gasteiger partial charge in [-0.15, -0.1) is 0 Å². The Hall–Kier alpha value is -1.04. The molecule has 0 bridgehead atoms. The molecule has 3 nitrogen and oxygen atoms in total. The third-order valence-electron chi connectivity index (χ3n) is 1.71. The first-order chi connectivity index (χ1) is 6.31. The normalized spacial score (nSPS) is 9.23. The molecule has 3 heteroatoms. The van der Waals surface area contributed by atoms with Gasteiger partial charge < -0.3 is 9.58 Å². The summed E-state index contributed by atoms with van der Waals surface area (Å²) in [6, 6.07) is 0. The van der Waals surface area contributed by atoms with Crippen LogP contribution in [0.2, 0.25) is 0 Å². The van der Waals surface area contributed by atoms with E-state index in [4.69, 9.17) is 11.3 Å². The van der Waals surface area contributed by atoms with Gasteiger partial charge in [-0.05, 0) is 19.8 Å². The number of esters is 1. The molecule has 0 aliphatic heterocycles. The van der Waals surface area contributed by atoms with Crippen LogP contribution in [0, 0.1) is 6.57 Å². The predicted molar refractivity (Wildman–Crippen MR) is 51.2 cm³/mol. The Morgan fingerprint density at radius 1 is 1.31 bits per heavy atom. The van der Waals surface area contributed by atoms with Crippen LogP contribution in [0.5, 0.6) is 0 Å². The maximum absolute atomic E-state index is 10.9. The van der Waals surface area contributed by atoms with Crippen molar-refractivity contribution in [3.63, 3.8) is 0 Å². The zero-order valence-electron chi connectivity index (χ0n) is 8.21. The SMILES string of the molecule is [C-]#[N+]CCCCCCC(=O)OCC. The van der Waals surface area contributed by atoms with Gasteiger partial charge in [0.05, 0.1) is 6.61 Å². The lowest BCUT2D eigenvalue weighted by molar-refractivity contribution is -0.143. The van der Waals surface area contributed by atoms with Crippen LogP contribution in [0.15, 0.2) is 0 Å². The summed E-state index contributed by atoms with van der Waals surface area (Å²) in [6.45, 7) is 9.45. The van der Waals surface area contributed by atoms with E-state index >= 15 is 0 Å². The van der Waals surface area contributed by atoms with Gasteiger partial charge in [0.25, 0.3) is 0 Å². The molecule has 0 aromatic heterocycles. The van der Waals surface area contributed by atoms with Gasteiger partial charge in [-0.2, -0.15) is 0 Å². The molecule has 74 valence electrons. The second-order valence-corrected chi connectivity index (χ2v) is 2.85. The summed E-state index contributed by atoms with van der Waals surface area (Å²) in [5, 5.41) is 0. The topological polar surface area (TPSA) is 30.7 Å². The summed E-state index contributed by atoms with van der Waals surface area (Å²) in [6.07, 6.45) is 4.42. The van der Waals surface area contributed by atoms with Gasteiger partial charge in [0.2, 0.25) is 6.54 Å². The smallest absolute Gasteiger partial charge is 0.305 e. The van der Waals surface area contributed by atoms with Gasteiger partial charge in [-0.25, -0.2) is 6.57 Å². The van der Waals surface area contributed by atoms with E-state index in [1.165, 1.54) is 0 Å². The third-order valence-corrected chi connectivity index (χ3v) is 1.71. The lowest BCUT2D eigenvalue weighted by atomic mass is 10.1. The molecule has 0 rings (SSSR count). The Morgan fingerprint density at radius 2 is 2.00 bits per heavy atom. The Labute approximate surface area is 79.9 Å². The van der Waals surface area contributed by atoms with Gasteiger partial charge in [0.15, 0.2) is 0 Å². The van der Waals surface area contributed by atoms with Crippen molar-refractivity contribution in [3.8, 4) is 0 Å². The highest BCUT2D eigenvalue weighted by molar-refractivity contribution is 5.69. The molecule has 0 radical (unpaired) electrons. The summed E-state index contributed by atoms with van der Waals surface area (Å²) < 4.78 is 4.78. The molecule has 0 aromatic rings. The first-order valence-corrected chi connectivity index (χ1v) is 4.80. The Morgan fingerprint density at radius 3 is 2.62 bits per heavy atom. The van der Waals surface area contributed by atoms with E-state index < -0.39 is 0 Å². The molecule has 0 amide bonds. The van der Waals surface area contributed by atoms with Crippen LogP contribution in [0.4, 0.5) is 0 Å². The highest BCUT2D eigenvalue weighted by atomic mass is 16.5. The summed E-state index contributed by atoms with van der Waals surface area (Å²) in [5.74, 6) is -0.104. The van der Waals surface area contributed by atoms with Crippen molar-refractivity contribution >= 4 is 5.97 Å². The minimum absolute atomic E-state index is 0.104. The third kappa shape index (κ3) is 8.87. The van der Waals surface area contributed by atoms with E-state index in [1.54, 1.807) is 0 Å². The average Bonchev–Trinajstić information content (AvgIpc) is 2.11. The number of ether oxygens (including phenoxy) is 1. The van der Waals surface area contributed by atoms with Crippen LogP contribution in [0.25, 0.3) is 4.85 Å². The molecule has 0 unspecified atom stereocenters. The molecule has 13 heavy (non-hydrogen) atoms. The van der Waals surface area contributed by atoms with Crippen molar-refractivity contribution in [2.45, 2.75) is 39.0 Å². The molecule has 0 aliphatic carbocycles. The zero-order valence-corrected chi connectivity index (χ0v) is 8.21. The van der Waals surface area contributed by atoms with Crippen LogP contribution in [0.1, 0.15) is 39.0 Å². The fourth-order valence-electron chi connectivity index (χ4n) is 1.05. The number of unbranched alkanes of at least 4 members (excludes halogenated alkanes) is 3. The average molecular weight is 183 g/mol. The number of carbonyl (C=O) groups excluding carboxylic acids is 1. The molecule has 0 heterocycles. The van der Waals surface area contributed by atoms with Gasteiger partial charge in [-0.3, -0.25) is 4.79 Å². The highest BCUT2D eigenvalue weighted by Gasteiger charge is 2.00. The second-order valence-electron chi connectivity index (χ2n) is 2.85. The van der Waals surface area contributed by atoms with Crippen LogP contribution >= 0.6 is 0 Å². The molecule has 0 spiro atoms. The van der Waals surface area contributed by atoms with E-state index in [0.29, 0.717) is 19.6 Å². The van der Waals surface area contributed by atoms with Crippen LogP contribution in [0.3, 0.4) is 0 Å². The van der Waals surface area contributed by atoms with Crippen molar-refractivity contribution < 1.29 is 9.53 Å². The largest absolute Gasteiger partial charge is 0.466 e. The molecular weight excluding hydrogens is 166 g/mol. The fourth-order valence-corrected chi connectivity index (χ4v) is 1.05. The van der Waals surface area contributed by atoms with Gasteiger partial charge >= 0.3 is 5.97 Å². The van der Waals surface area contributed by atoms with E-state index in [0.717, 1.165) is 25.7 Å². The van der Waals surface area contributed by atoms with Crippen LogP contribution in [-0.4, -0.2) is 19.1 Å². The first kappa shape index (κ1) is 12.0. The zero-order chi connectivity index (χ0) is 9.94. The molecule has 0 saturated carbocycles. The van der Waals surface area contributed by atoms with E-state index in [2.05, 4.69) is 4.85 Å². The lowest BCUT2D eigenvalue weighted by Crippen LogP contribution is -2.03. The Kier molecular flexibility index (Phi) is 8.33. The number of rotatable bonds is 7. The Bertz CT molecular complexity index is 172. The number of carbonyl (C=O) groups is 1. The molecule has 0 atom stereocenters. The molecular formula is C10H17NO2. The number of hydrogen-bond donors (Lipinski definition) is 0. The quantitative estimate of drug-likeness (QED) is 0.345. The summed E-state index contributed by atoms with van der Waals surface area (Å²) in [5.41, 5.74) is 0. The summed E-state index contributed by atoms with van der Waals surface area (Å²) >= 11 is 0. The molecule has 0 N–H and O–H groups in total. The van der Waals surface area contributed by atoms with Crippen molar-refractivity contribution in [2.75, 3.05) is 13.2 Å². The van der Waals surface area contributed by atoms with Gasteiger partial charge in [0.1, 0.15) is 0 Å². The van der Waals surface area contributed by atoms with Crippen molar-refractivity contribution in [1.29, 1.82) is 0 Å². The van der Waals surface area contributed by atoms with Crippen LogP contribution in [-0.2, 0) is 9.53 Å². The molecule has 0 aliphatic rings. The molecule has 0 fully saturated rings. The lowest BCUT2D eigenvalue weighted by Gasteiger charge is -2.00. The number of hydrogen-bond acceptors (Lipinski definition) is 2.